The van der Waals surface area contributed by atoms with E-state index in [9.17, 15) is 4.79 Å². The number of tetrazole rings is 1. The number of hydrogen-bond donors (Lipinski definition) is 2. The van der Waals surface area contributed by atoms with Gasteiger partial charge in [-0.2, -0.15) is 5.21 Å². The predicted molar refractivity (Wildman–Crippen MR) is 46.0 cm³/mol. The van der Waals surface area contributed by atoms with Gasteiger partial charge in [-0.15, -0.1) is 10.2 Å². The minimum absolute atomic E-state index is 0.0550. The fourth-order valence-corrected chi connectivity index (χ4v) is 0.682. The zero-order valence-corrected chi connectivity index (χ0v) is 7.96. The van der Waals surface area contributed by atoms with Crippen LogP contribution in [-0.4, -0.2) is 33.1 Å². The summed E-state index contributed by atoms with van der Waals surface area (Å²) in [6.45, 7) is 6.68. The molecule has 0 aliphatic carbocycles. The second kappa shape index (κ2) is 3.51. The lowest BCUT2D eigenvalue weighted by atomic mass is 9.97. The third-order valence-electron chi connectivity index (χ3n) is 1.33. The summed E-state index contributed by atoms with van der Waals surface area (Å²) in [4.78, 5) is 11.3. The molecule has 1 rings (SSSR count). The number of carbonyl (C=O) groups excluding carboxylic acids is 1. The lowest BCUT2D eigenvalue weighted by Gasteiger charge is -2.17. The van der Waals surface area contributed by atoms with Crippen LogP contribution in [-0.2, 0) is 0 Å². The molecule has 0 unspecified atom stereocenters. The number of nitrogens with zero attached hydrogens (tertiary/aromatic N) is 3. The van der Waals surface area contributed by atoms with E-state index in [1.807, 2.05) is 20.8 Å². The number of rotatable bonds is 2. The Bertz CT molecular complexity index is 274. The van der Waals surface area contributed by atoms with Crippen LogP contribution in [0.15, 0.2) is 0 Å². The molecule has 1 heterocycles. The van der Waals surface area contributed by atoms with Crippen LogP contribution in [0.1, 0.15) is 31.4 Å². The maximum Gasteiger partial charge on any atom is 0.292 e. The van der Waals surface area contributed by atoms with Crippen LogP contribution >= 0.6 is 0 Å². The molecule has 0 fully saturated rings. The monoisotopic (exact) mass is 183 g/mol. The fourth-order valence-electron chi connectivity index (χ4n) is 0.682. The smallest absolute Gasteiger partial charge is 0.292 e. The van der Waals surface area contributed by atoms with E-state index in [1.165, 1.54) is 0 Å². The van der Waals surface area contributed by atoms with Gasteiger partial charge in [-0.3, -0.25) is 4.79 Å². The highest BCUT2D eigenvalue weighted by molar-refractivity contribution is 5.89. The van der Waals surface area contributed by atoms with Crippen LogP contribution in [0.5, 0.6) is 0 Å². The molecule has 0 aliphatic heterocycles. The van der Waals surface area contributed by atoms with Crippen LogP contribution in [0.4, 0.5) is 0 Å². The fraction of sp³-hybridized carbons (Fsp3) is 0.714. The van der Waals surface area contributed by atoms with Crippen molar-refractivity contribution in [2.45, 2.75) is 20.8 Å². The lowest BCUT2D eigenvalue weighted by molar-refractivity contribution is 0.0929. The van der Waals surface area contributed by atoms with Gasteiger partial charge in [0.05, 0.1) is 0 Å². The van der Waals surface area contributed by atoms with Gasteiger partial charge in [0.2, 0.25) is 0 Å². The van der Waals surface area contributed by atoms with Crippen LogP contribution in [0, 0.1) is 5.41 Å². The van der Waals surface area contributed by atoms with E-state index in [2.05, 4.69) is 25.9 Å². The first-order valence-corrected chi connectivity index (χ1v) is 4.01. The zero-order valence-electron chi connectivity index (χ0n) is 7.96. The molecule has 0 aliphatic rings. The quantitative estimate of drug-likeness (QED) is 0.674. The second-order valence-electron chi connectivity index (χ2n) is 3.98. The number of aromatic amines is 1. The molecule has 2 N–H and O–H groups in total. The van der Waals surface area contributed by atoms with Crippen LogP contribution in [0.25, 0.3) is 0 Å². The van der Waals surface area contributed by atoms with E-state index >= 15 is 0 Å². The maximum absolute atomic E-state index is 11.3. The molecule has 0 atom stereocenters. The SMILES string of the molecule is CC(C)(C)CNC(=O)c1nn[nH]n1. The summed E-state index contributed by atoms with van der Waals surface area (Å²) in [5, 5.41) is 15.3. The van der Waals surface area contributed by atoms with Gasteiger partial charge >= 0.3 is 0 Å². The molecule has 0 spiro atoms. The van der Waals surface area contributed by atoms with Gasteiger partial charge in [0, 0.05) is 6.54 Å². The van der Waals surface area contributed by atoms with Gasteiger partial charge in [-0.05, 0) is 10.6 Å². The van der Waals surface area contributed by atoms with Crippen molar-refractivity contribution in [3.63, 3.8) is 0 Å². The molecule has 6 heteroatoms. The molecular formula is C7H13N5O. The van der Waals surface area contributed by atoms with Crippen molar-refractivity contribution >= 4 is 5.91 Å². The molecule has 1 aromatic rings. The summed E-state index contributed by atoms with van der Waals surface area (Å²) in [6.07, 6.45) is 0. The topological polar surface area (TPSA) is 83.6 Å². The Hall–Kier alpha value is -1.46. The number of hydrogen-bond acceptors (Lipinski definition) is 4. The Morgan fingerprint density at radius 3 is 2.69 bits per heavy atom. The van der Waals surface area contributed by atoms with Crippen LogP contribution in [0.3, 0.4) is 0 Å². The highest BCUT2D eigenvalue weighted by atomic mass is 16.2. The van der Waals surface area contributed by atoms with Crippen molar-refractivity contribution in [3.05, 3.63) is 5.82 Å². The van der Waals surface area contributed by atoms with Crippen LogP contribution < -0.4 is 5.32 Å². The molecule has 72 valence electrons. The number of aromatic nitrogens is 4. The van der Waals surface area contributed by atoms with Crippen molar-refractivity contribution in [1.29, 1.82) is 0 Å². The minimum Gasteiger partial charge on any atom is -0.349 e. The standard InChI is InChI=1S/C7H13N5O/c1-7(2,3)4-8-6(13)5-9-11-12-10-5/h4H2,1-3H3,(H,8,13)(H,9,10,11,12). The first kappa shape index (κ1) is 9.63. The lowest BCUT2D eigenvalue weighted by Crippen LogP contribution is -2.32. The van der Waals surface area contributed by atoms with E-state index in [0.29, 0.717) is 6.54 Å². The average Bonchev–Trinajstić information content (AvgIpc) is 2.50. The highest BCUT2D eigenvalue weighted by Crippen LogP contribution is 2.10. The van der Waals surface area contributed by atoms with Gasteiger partial charge in [-0.1, -0.05) is 20.8 Å². The van der Waals surface area contributed by atoms with Gasteiger partial charge in [0.25, 0.3) is 11.7 Å². The maximum atomic E-state index is 11.3. The van der Waals surface area contributed by atoms with E-state index in [4.69, 9.17) is 0 Å². The largest absolute Gasteiger partial charge is 0.349 e. The van der Waals surface area contributed by atoms with Crippen LogP contribution in [0.2, 0.25) is 0 Å². The number of H-pyrrole nitrogens is 1. The van der Waals surface area contributed by atoms with Crippen molar-refractivity contribution in [3.8, 4) is 0 Å². The molecule has 0 saturated carbocycles. The highest BCUT2D eigenvalue weighted by Gasteiger charge is 2.15. The number of amides is 1. The summed E-state index contributed by atoms with van der Waals surface area (Å²) in [7, 11) is 0. The van der Waals surface area contributed by atoms with Crippen molar-refractivity contribution in [1.82, 2.24) is 25.9 Å². The van der Waals surface area contributed by atoms with E-state index in [1.54, 1.807) is 0 Å². The van der Waals surface area contributed by atoms with E-state index in [0.717, 1.165) is 0 Å². The first-order valence-electron chi connectivity index (χ1n) is 4.01. The molecule has 6 nitrogen and oxygen atoms in total. The molecule has 0 radical (unpaired) electrons. The first-order chi connectivity index (χ1) is 5.99. The minimum atomic E-state index is -0.302. The number of carbonyl (C=O) groups is 1. The van der Waals surface area contributed by atoms with E-state index < -0.39 is 0 Å². The normalized spacial score (nSPS) is 11.3. The molecule has 1 aromatic heterocycles. The molecule has 0 aromatic carbocycles. The van der Waals surface area contributed by atoms with Gasteiger partial charge < -0.3 is 5.32 Å². The van der Waals surface area contributed by atoms with Gasteiger partial charge in [0.15, 0.2) is 0 Å². The molecular weight excluding hydrogens is 170 g/mol. The molecule has 0 saturated heterocycles. The average molecular weight is 183 g/mol. The number of nitrogens with one attached hydrogen (secondary N) is 2. The summed E-state index contributed by atoms with van der Waals surface area (Å²) in [6, 6.07) is 0. The molecule has 1 amide bonds. The zero-order chi connectivity index (χ0) is 9.90. The van der Waals surface area contributed by atoms with Crippen molar-refractivity contribution in [2.75, 3.05) is 6.54 Å². The Kier molecular flexibility index (Phi) is 2.60. The Labute approximate surface area is 76.1 Å². The molecule has 0 bridgehead atoms. The van der Waals surface area contributed by atoms with Crippen molar-refractivity contribution < 1.29 is 4.79 Å². The Morgan fingerprint density at radius 1 is 1.54 bits per heavy atom. The molecule has 13 heavy (non-hydrogen) atoms. The van der Waals surface area contributed by atoms with Gasteiger partial charge in [-0.25, -0.2) is 0 Å². The summed E-state index contributed by atoms with van der Waals surface area (Å²) in [5.74, 6) is -0.229. The Morgan fingerprint density at radius 2 is 2.23 bits per heavy atom. The Balaban J connectivity index is 2.44. The predicted octanol–water partition coefficient (Wildman–Crippen LogP) is -0.0244. The van der Waals surface area contributed by atoms with Gasteiger partial charge in [0.1, 0.15) is 0 Å². The van der Waals surface area contributed by atoms with Crippen molar-refractivity contribution in [2.24, 2.45) is 5.41 Å². The summed E-state index contributed by atoms with van der Waals surface area (Å²) < 4.78 is 0. The summed E-state index contributed by atoms with van der Waals surface area (Å²) >= 11 is 0. The summed E-state index contributed by atoms with van der Waals surface area (Å²) in [5.41, 5.74) is 0.0550. The second-order valence-corrected chi connectivity index (χ2v) is 3.98. The third-order valence-corrected chi connectivity index (χ3v) is 1.33. The van der Waals surface area contributed by atoms with E-state index in [-0.39, 0.29) is 17.1 Å². The third kappa shape index (κ3) is 3.18.